The zero-order valence-electron chi connectivity index (χ0n) is 8.75. The van der Waals surface area contributed by atoms with Crippen molar-refractivity contribution in [1.29, 1.82) is 0 Å². The van der Waals surface area contributed by atoms with Crippen LogP contribution < -0.4 is 5.48 Å². The van der Waals surface area contributed by atoms with Gasteiger partial charge >= 0.3 is 5.97 Å². The predicted molar refractivity (Wildman–Crippen MR) is 58.0 cm³/mol. The first-order valence-electron chi connectivity index (χ1n) is 4.86. The van der Waals surface area contributed by atoms with E-state index in [1.165, 1.54) is 18.6 Å². The van der Waals surface area contributed by atoms with Gasteiger partial charge in [0.25, 0.3) is 5.91 Å². The van der Waals surface area contributed by atoms with Gasteiger partial charge in [-0.15, -0.1) is 0 Å². The molecule has 0 radical (unpaired) electrons. The number of benzene rings is 1. The Kier molecular flexibility index (Phi) is 3.20. The Labute approximate surface area is 97.0 Å². The topological polar surface area (TPSA) is 68.5 Å². The molecule has 0 fully saturated rings. The number of carbonyl (C=O) groups excluding carboxylic acids is 2. The van der Waals surface area contributed by atoms with E-state index in [9.17, 15) is 9.59 Å². The summed E-state index contributed by atoms with van der Waals surface area (Å²) in [6, 6.07) is 9.88. The second kappa shape index (κ2) is 4.98. The Bertz CT molecular complexity index is 505. The molecule has 1 aromatic heterocycles. The second-order valence-electron chi connectivity index (χ2n) is 3.20. The highest BCUT2D eigenvalue weighted by Gasteiger charge is 2.11. The van der Waals surface area contributed by atoms with E-state index in [-0.39, 0.29) is 5.56 Å². The van der Waals surface area contributed by atoms with E-state index in [0.717, 1.165) is 0 Å². The van der Waals surface area contributed by atoms with Crippen LogP contribution in [0.2, 0.25) is 0 Å². The van der Waals surface area contributed by atoms with Gasteiger partial charge < -0.3 is 9.25 Å². The van der Waals surface area contributed by atoms with Gasteiger partial charge in [0.05, 0.1) is 6.26 Å². The third-order valence-corrected chi connectivity index (χ3v) is 2.03. The molecule has 0 aliphatic rings. The lowest BCUT2D eigenvalue weighted by Crippen LogP contribution is -2.26. The van der Waals surface area contributed by atoms with Gasteiger partial charge in [-0.25, -0.2) is 4.79 Å². The molecule has 0 aliphatic carbocycles. The highest BCUT2D eigenvalue weighted by Crippen LogP contribution is 2.02. The molecule has 86 valence electrons. The van der Waals surface area contributed by atoms with E-state index in [1.54, 1.807) is 30.3 Å². The van der Waals surface area contributed by atoms with Crippen LogP contribution in [0.1, 0.15) is 20.7 Å². The molecule has 5 nitrogen and oxygen atoms in total. The first-order chi connectivity index (χ1) is 8.27. The Morgan fingerprint density at radius 1 is 1.06 bits per heavy atom. The summed E-state index contributed by atoms with van der Waals surface area (Å²) in [5.74, 6) is -1.16. The van der Waals surface area contributed by atoms with E-state index >= 15 is 0 Å². The monoisotopic (exact) mass is 231 g/mol. The molecule has 2 aromatic rings. The number of amides is 1. The van der Waals surface area contributed by atoms with Gasteiger partial charge in [-0.1, -0.05) is 18.2 Å². The Balaban J connectivity index is 1.91. The van der Waals surface area contributed by atoms with Gasteiger partial charge in [0.2, 0.25) is 0 Å². The molecule has 0 saturated carbocycles. The van der Waals surface area contributed by atoms with Crippen LogP contribution in [0.25, 0.3) is 0 Å². The van der Waals surface area contributed by atoms with Gasteiger partial charge in [0, 0.05) is 5.56 Å². The number of hydrogen-bond acceptors (Lipinski definition) is 4. The summed E-state index contributed by atoms with van der Waals surface area (Å²) in [5, 5.41) is 0. The first kappa shape index (κ1) is 10.9. The maximum atomic E-state index is 11.5. The Morgan fingerprint density at radius 3 is 2.47 bits per heavy atom. The van der Waals surface area contributed by atoms with Gasteiger partial charge in [-0.2, -0.15) is 5.48 Å². The van der Waals surface area contributed by atoms with Gasteiger partial charge in [0.1, 0.15) is 11.8 Å². The number of carbonyl (C=O) groups is 2. The van der Waals surface area contributed by atoms with Crippen molar-refractivity contribution in [3.05, 3.63) is 60.1 Å². The number of rotatable bonds is 2. The maximum absolute atomic E-state index is 11.5. The predicted octanol–water partition coefficient (Wildman–Crippen LogP) is 1.78. The molecule has 0 saturated heterocycles. The van der Waals surface area contributed by atoms with Crippen molar-refractivity contribution in [2.45, 2.75) is 0 Å². The lowest BCUT2D eigenvalue weighted by atomic mass is 10.2. The summed E-state index contributed by atoms with van der Waals surface area (Å²) in [5.41, 5.74) is 2.70. The number of hydrogen-bond donors (Lipinski definition) is 1. The minimum Gasteiger partial charge on any atom is -0.472 e. The normalized spacial score (nSPS) is 9.65. The minimum absolute atomic E-state index is 0.235. The fourth-order valence-electron chi connectivity index (χ4n) is 1.18. The molecule has 0 aliphatic heterocycles. The number of nitrogens with one attached hydrogen (secondary N) is 1. The van der Waals surface area contributed by atoms with Gasteiger partial charge in [-0.05, 0) is 18.2 Å². The molecule has 5 heteroatoms. The fraction of sp³-hybridized carbons (Fsp3) is 0. The zero-order valence-corrected chi connectivity index (χ0v) is 8.75. The molecule has 1 heterocycles. The molecule has 17 heavy (non-hydrogen) atoms. The van der Waals surface area contributed by atoms with E-state index in [0.29, 0.717) is 5.56 Å². The van der Waals surface area contributed by atoms with Crippen LogP contribution in [-0.2, 0) is 4.84 Å². The molecule has 1 N–H and O–H groups in total. The lowest BCUT2D eigenvalue weighted by molar-refractivity contribution is 0.0229. The Hall–Kier alpha value is -2.56. The largest absolute Gasteiger partial charge is 0.472 e. The fourth-order valence-corrected chi connectivity index (χ4v) is 1.18. The van der Waals surface area contributed by atoms with Crippen LogP contribution in [0.5, 0.6) is 0 Å². The maximum Gasteiger partial charge on any atom is 0.366 e. The summed E-state index contributed by atoms with van der Waals surface area (Å²) in [4.78, 5) is 27.5. The average Bonchev–Trinajstić information content (AvgIpc) is 2.90. The molecular formula is C12H9NO4. The van der Waals surface area contributed by atoms with Crippen LogP contribution >= 0.6 is 0 Å². The van der Waals surface area contributed by atoms with Gasteiger partial charge in [0.15, 0.2) is 0 Å². The van der Waals surface area contributed by atoms with E-state index in [4.69, 9.17) is 4.42 Å². The van der Waals surface area contributed by atoms with Crippen molar-refractivity contribution >= 4 is 11.9 Å². The van der Waals surface area contributed by atoms with E-state index in [2.05, 4.69) is 10.3 Å². The van der Waals surface area contributed by atoms with E-state index in [1.807, 2.05) is 0 Å². The standard InChI is InChI=1S/C12H9NO4/c14-11(9-4-2-1-3-5-9)13-17-12(15)10-6-7-16-8-10/h1-8H,(H,13,14). The molecular weight excluding hydrogens is 222 g/mol. The van der Waals surface area contributed by atoms with Crippen LogP contribution in [0, 0.1) is 0 Å². The number of hydroxylamine groups is 1. The third kappa shape index (κ3) is 2.72. The first-order valence-corrected chi connectivity index (χ1v) is 4.86. The molecule has 0 atom stereocenters. The molecule has 1 aromatic carbocycles. The molecule has 1 amide bonds. The van der Waals surface area contributed by atoms with Crippen molar-refractivity contribution in [1.82, 2.24) is 5.48 Å². The summed E-state index contributed by atoms with van der Waals surface area (Å²) in [6.07, 6.45) is 2.58. The van der Waals surface area contributed by atoms with Crippen molar-refractivity contribution in [3.8, 4) is 0 Å². The van der Waals surface area contributed by atoms with Crippen LogP contribution in [0.3, 0.4) is 0 Å². The molecule has 0 spiro atoms. The van der Waals surface area contributed by atoms with Crippen LogP contribution in [0.15, 0.2) is 53.3 Å². The van der Waals surface area contributed by atoms with Crippen molar-refractivity contribution < 1.29 is 18.8 Å². The van der Waals surface area contributed by atoms with Crippen LogP contribution in [-0.4, -0.2) is 11.9 Å². The minimum atomic E-state index is -0.678. The van der Waals surface area contributed by atoms with Crippen molar-refractivity contribution in [3.63, 3.8) is 0 Å². The molecule has 2 rings (SSSR count). The zero-order chi connectivity index (χ0) is 12.1. The summed E-state index contributed by atoms with van der Waals surface area (Å²) in [6.45, 7) is 0. The lowest BCUT2D eigenvalue weighted by Gasteiger charge is -2.03. The average molecular weight is 231 g/mol. The molecule has 0 bridgehead atoms. The van der Waals surface area contributed by atoms with Crippen molar-refractivity contribution in [2.75, 3.05) is 0 Å². The highest BCUT2D eigenvalue weighted by molar-refractivity contribution is 5.95. The second-order valence-corrected chi connectivity index (χ2v) is 3.20. The molecule has 0 unspecified atom stereocenters. The van der Waals surface area contributed by atoms with E-state index < -0.39 is 11.9 Å². The van der Waals surface area contributed by atoms with Gasteiger partial charge in [-0.3, -0.25) is 4.79 Å². The number of furan rings is 1. The summed E-state index contributed by atoms with van der Waals surface area (Å²) >= 11 is 0. The Morgan fingerprint density at radius 2 is 1.82 bits per heavy atom. The summed E-state index contributed by atoms with van der Waals surface area (Å²) in [7, 11) is 0. The smallest absolute Gasteiger partial charge is 0.366 e. The quantitative estimate of drug-likeness (QED) is 0.800. The van der Waals surface area contributed by atoms with Crippen LogP contribution in [0.4, 0.5) is 0 Å². The van der Waals surface area contributed by atoms with Crippen molar-refractivity contribution in [2.24, 2.45) is 0 Å². The highest BCUT2D eigenvalue weighted by atomic mass is 16.7. The SMILES string of the molecule is O=C(NOC(=O)c1ccoc1)c1ccccc1. The summed E-state index contributed by atoms with van der Waals surface area (Å²) < 4.78 is 4.71. The third-order valence-electron chi connectivity index (χ3n) is 2.03.